The van der Waals surface area contributed by atoms with Gasteiger partial charge in [-0.05, 0) is 38.8 Å². The van der Waals surface area contributed by atoms with Gasteiger partial charge in [0.05, 0.1) is 17.8 Å². The second kappa shape index (κ2) is 6.35. The third-order valence-electron chi connectivity index (χ3n) is 4.14. The van der Waals surface area contributed by atoms with Gasteiger partial charge in [-0.2, -0.15) is 0 Å². The molecule has 0 unspecified atom stereocenters. The van der Waals surface area contributed by atoms with Crippen LogP contribution >= 0.6 is 0 Å². The molecule has 1 aromatic heterocycles. The Kier molecular flexibility index (Phi) is 4.76. The number of hydrogen-bond acceptors (Lipinski definition) is 3. The van der Waals surface area contributed by atoms with Gasteiger partial charge >= 0.3 is 0 Å². The minimum atomic E-state index is -0.655. The van der Waals surface area contributed by atoms with Gasteiger partial charge in [-0.1, -0.05) is 25.3 Å². The Balaban J connectivity index is 2.09. The number of likely N-dealkylation sites (N-methyl/N-ethyl adjacent to an activating group) is 1. The first-order valence-corrected chi connectivity index (χ1v) is 7.56. The molecule has 1 fully saturated rings. The van der Waals surface area contributed by atoms with Gasteiger partial charge in [0.2, 0.25) is 5.91 Å². The number of pyridine rings is 1. The largest absolute Gasteiger partial charge is 0.335 e. The highest BCUT2D eigenvalue weighted by Gasteiger charge is 2.37. The van der Waals surface area contributed by atoms with Gasteiger partial charge in [0, 0.05) is 12.2 Å². The third kappa shape index (κ3) is 3.37. The first-order valence-electron chi connectivity index (χ1n) is 7.56. The van der Waals surface area contributed by atoms with Gasteiger partial charge in [-0.3, -0.25) is 9.78 Å². The lowest BCUT2D eigenvalue weighted by atomic mass is 9.81. The van der Waals surface area contributed by atoms with E-state index in [9.17, 15) is 4.79 Å². The van der Waals surface area contributed by atoms with Crippen LogP contribution in [0, 0.1) is 6.92 Å². The fourth-order valence-corrected chi connectivity index (χ4v) is 2.92. The number of aryl methyl sites for hydroxylation is 1. The van der Waals surface area contributed by atoms with Crippen molar-refractivity contribution >= 4 is 5.91 Å². The van der Waals surface area contributed by atoms with E-state index in [-0.39, 0.29) is 5.91 Å². The quantitative estimate of drug-likeness (QED) is 0.918. The van der Waals surface area contributed by atoms with E-state index in [0.717, 1.165) is 37.1 Å². The summed E-state index contributed by atoms with van der Waals surface area (Å²) in [7, 11) is 0. The van der Waals surface area contributed by atoms with E-state index in [1.165, 1.54) is 6.42 Å². The molecule has 2 N–H and O–H groups in total. The lowest BCUT2D eigenvalue weighted by Gasteiger charge is -2.36. The first kappa shape index (κ1) is 15.0. The molecule has 0 saturated heterocycles. The van der Waals surface area contributed by atoms with Gasteiger partial charge in [0.15, 0.2) is 0 Å². The van der Waals surface area contributed by atoms with E-state index in [1.807, 2.05) is 36.9 Å². The molecule has 0 spiro atoms. The molecule has 20 heavy (non-hydrogen) atoms. The van der Waals surface area contributed by atoms with Crippen LogP contribution < -0.4 is 5.73 Å². The molecule has 1 saturated carbocycles. The lowest BCUT2D eigenvalue weighted by Crippen LogP contribution is -2.56. The number of amides is 1. The summed E-state index contributed by atoms with van der Waals surface area (Å²) in [6.45, 7) is 5.19. The van der Waals surface area contributed by atoms with Crippen molar-refractivity contribution in [3.05, 3.63) is 29.6 Å². The normalized spacial score (nSPS) is 17.8. The van der Waals surface area contributed by atoms with Crippen molar-refractivity contribution in [2.45, 2.75) is 58.0 Å². The molecule has 0 bridgehead atoms. The van der Waals surface area contributed by atoms with Crippen molar-refractivity contribution < 1.29 is 4.79 Å². The highest BCUT2D eigenvalue weighted by Crippen LogP contribution is 2.28. The number of carbonyl (C=O) groups is 1. The Bertz CT molecular complexity index is 467. The van der Waals surface area contributed by atoms with E-state index in [1.54, 1.807) is 0 Å². The summed E-state index contributed by atoms with van der Waals surface area (Å²) in [5.74, 6) is 0.0861. The topological polar surface area (TPSA) is 59.2 Å². The summed E-state index contributed by atoms with van der Waals surface area (Å²) < 4.78 is 0. The lowest BCUT2D eigenvalue weighted by molar-refractivity contribution is -0.138. The number of hydrogen-bond donors (Lipinski definition) is 1. The monoisotopic (exact) mass is 275 g/mol. The minimum absolute atomic E-state index is 0.0861. The maximum Gasteiger partial charge on any atom is 0.242 e. The van der Waals surface area contributed by atoms with Crippen LogP contribution in [0.25, 0.3) is 0 Å². The first-order chi connectivity index (χ1) is 9.55. The second-order valence-corrected chi connectivity index (χ2v) is 5.81. The Hall–Kier alpha value is -1.42. The van der Waals surface area contributed by atoms with Crippen molar-refractivity contribution in [2.24, 2.45) is 5.73 Å². The zero-order valence-electron chi connectivity index (χ0n) is 12.6. The van der Waals surface area contributed by atoms with Gasteiger partial charge in [0.25, 0.3) is 0 Å². The van der Waals surface area contributed by atoms with Gasteiger partial charge < -0.3 is 10.6 Å². The van der Waals surface area contributed by atoms with E-state index >= 15 is 0 Å². The van der Waals surface area contributed by atoms with Crippen LogP contribution in [-0.4, -0.2) is 27.9 Å². The van der Waals surface area contributed by atoms with Crippen LogP contribution in [0.2, 0.25) is 0 Å². The van der Waals surface area contributed by atoms with E-state index < -0.39 is 5.54 Å². The number of rotatable bonds is 4. The Labute approximate surface area is 121 Å². The Morgan fingerprint density at radius 1 is 1.35 bits per heavy atom. The summed E-state index contributed by atoms with van der Waals surface area (Å²) in [4.78, 5) is 19.0. The van der Waals surface area contributed by atoms with Crippen molar-refractivity contribution in [2.75, 3.05) is 6.54 Å². The highest BCUT2D eigenvalue weighted by atomic mass is 16.2. The molecule has 4 nitrogen and oxygen atoms in total. The molecule has 0 radical (unpaired) electrons. The predicted octanol–water partition coefficient (Wildman–Crippen LogP) is 2.40. The summed E-state index contributed by atoms with van der Waals surface area (Å²) in [5, 5.41) is 0. The molecule has 0 aliphatic heterocycles. The number of nitrogens with two attached hydrogens (primary N) is 1. The fraction of sp³-hybridized carbons (Fsp3) is 0.625. The average molecular weight is 275 g/mol. The second-order valence-electron chi connectivity index (χ2n) is 5.81. The standard InChI is InChI=1S/C16H25N3O/c1-3-19(12-14-9-7-8-13(2)18-14)15(20)16(17)10-5-4-6-11-16/h7-9H,3-6,10-12,17H2,1-2H3. The molecule has 1 aliphatic carbocycles. The molecule has 1 amide bonds. The SMILES string of the molecule is CCN(Cc1cccc(C)n1)C(=O)C1(N)CCCCC1. The molecular weight excluding hydrogens is 250 g/mol. The van der Waals surface area contributed by atoms with E-state index in [0.29, 0.717) is 13.1 Å². The summed E-state index contributed by atoms with van der Waals surface area (Å²) in [6.07, 6.45) is 4.93. The van der Waals surface area contributed by atoms with E-state index in [4.69, 9.17) is 5.73 Å². The highest BCUT2D eigenvalue weighted by molar-refractivity contribution is 5.86. The molecule has 0 aromatic carbocycles. The summed E-state index contributed by atoms with van der Waals surface area (Å²) >= 11 is 0. The van der Waals surface area contributed by atoms with Crippen molar-refractivity contribution in [1.29, 1.82) is 0 Å². The summed E-state index contributed by atoms with van der Waals surface area (Å²) in [6, 6.07) is 5.91. The fourth-order valence-electron chi connectivity index (χ4n) is 2.92. The molecule has 1 heterocycles. The molecule has 1 aliphatic rings. The van der Waals surface area contributed by atoms with Crippen molar-refractivity contribution in [3.8, 4) is 0 Å². The van der Waals surface area contributed by atoms with Crippen LogP contribution in [0.1, 0.15) is 50.4 Å². The third-order valence-corrected chi connectivity index (χ3v) is 4.14. The maximum absolute atomic E-state index is 12.7. The smallest absolute Gasteiger partial charge is 0.242 e. The molecule has 110 valence electrons. The number of nitrogens with zero attached hydrogens (tertiary/aromatic N) is 2. The molecule has 2 rings (SSSR count). The molecular formula is C16H25N3O. The Morgan fingerprint density at radius 2 is 2.05 bits per heavy atom. The van der Waals surface area contributed by atoms with Crippen molar-refractivity contribution in [1.82, 2.24) is 9.88 Å². The molecule has 0 atom stereocenters. The van der Waals surface area contributed by atoms with Gasteiger partial charge in [-0.25, -0.2) is 0 Å². The van der Waals surface area contributed by atoms with Gasteiger partial charge in [-0.15, -0.1) is 0 Å². The number of aromatic nitrogens is 1. The minimum Gasteiger partial charge on any atom is -0.335 e. The van der Waals surface area contributed by atoms with Crippen LogP contribution in [0.15, 0.2) is 18.2 Å². The van der Waals surface area contributed by atoms with Crippen LogP contribution in [-0.2, 0) is 11.3 Å². The van der Waals surface area contributed by atoms with Crippen LogP contribution in [0.3, 0.4) is 0 Å². The van der Waals surface area contributed by atoms with Crippen molar-refractivity contribution in [3.63, 3.8) is 0 Å². The van der Waals surface area contributed by atoms with Crippen LogP contribution in [0.4, 0.5) is 0 Å². The van der Waals surface area contributed by atoms with E-state index in [2.05, 4.69) is 4.98 Å². The van der Waals surface area contributed by atoms with Crippen LogP contribution in [0.5, 0.6) is 0 Å². The summed E-state index contributed by atoms with van der Waals surface area (Å²) in [5.41, 5.74) is 7.60. The number of carbonyl (C=O) groups excluding carboxylic acids is 1. The zero-order valence-corrected chi connectivity index (χ0v) is 12.6. The average Bonchev–Trinajstić information content (AvgIpc) is 2.45. The van der Waals surface area contributed by atoms with Gasteiger partial charge in [0.1, 0.15) is 0 Å². The zero-order chi connectivity index (χ0) is 14.6. The predicted molar refractivity (Wildman–Crippen MR) is 80.1 cm³/mol. The molecule has 4 heteroatoms. The molecule has 1 aromatic rings. The maximum atomic E-state index is 12.7. The Morgan fingerprint density at radius 3 is 2.65 bits per heavy atom.